The number of methoxy groups -OCH3 is 1. The van der Waals surface area contributed by atoms with E-state index in [1.54, 1.807) is 24.3 Å². The van der Waals surface area contributed by atoms with Crippen LogP contribution in [-0.2, 0) is 14.3 Å². The molecule has 0 bridgehead atoms. The first kappa shape index (κ1) is 19.3. The van der Waals surface area contributed by atoms with E-state index in [1.807, 2.05) is 13.0 Å². The summed E-state index contributed by atoms with van der Waals surface area (Å²) in [5.74, 6) is -0.195. The molecule has 1 saturated heterocycles. The van der Waals surface area contributed by atoms with Crippen LogP contribution in [0.1, 0.15) is 18.2 Å². The van der Waals surface area contributed by atoms with Crippen molar-refractivity contribution in [1.82, 2.24) is 4.90 Å². The van der Waals surface area contributed by atoms with Crippen molar-refractivity contribution in [3.63, 3.8) is 0 Å². The van der Waals surface area contributed by atoms with Crippen LogP contribution in [0, 0.1) is 6.92 Å². The summed E-state index contributed by atoms with van der Waals surface area (Å²) in [5, 5.41) is 0.0630. The Morgan fingerprint density at radius 1 is 1.30 bits per heavy atom. The third-order valence-corrected chi connectivity index (χ3v) is 5.24. The van der Waals surface area contributed by atoms with Crippen LogP contribution in [0.3, 0.4) is 0 Å². The smallest absolute Gasteiger partial charge is 0.328 e. The van der Waals surface area contributed by atoms with Gasteiger partial charge in [0.15, 0.2) is 0 Å². The summed E-state index contributed by atoms with van der Waals surface area (Å²) in [4.78, 5) is 37.3. The van der Waals surface area contributed by atoms with Gasteiger partial charge in [-0.1, -0.05) is 17.7 Å². The molecule has 0 unspecified atom stereocenters. The summed E-state index contributed by atoms with van der Waals surface area (Å²) in [7, 11) is 1.20. The van der Waals surface area contributed by atoms with E-state index < -0.39 is 23.2 Å². The number of hydrogen-bond donors (Lipinski definition) is 0. The highest BCUT2D eigenvalue weighted by molar-refractivity contribution is 8.18. The number of rotatable bonds is 4. The zero-order chi connectivity index (χ0) is 19.7. The lowest BCUT2D eigenvalue weighted by atomic mass is 10.1. The second kappa shape index (κ2) is 7.62. The molecule has 0 radical (unpaired) electrons. The van der Waals surface area contributed by atoms with Crippen molar-refractivity contribution in [2.45, 2.75) is 19.9 Å². The number of carbonyl (C=O) groups excluding carboxylic acids is 3. The Morgan fingerprint density at radius 3 is 2.74 bits per heavy atom. The molecule has 0 spiro atoms. The maximum atomic E-state index is 12.5. The van der Waals surface area contributed by atoms with Gasteiger partial charge in [-0.3, -0.25) is 14.5 Å². The minimum Gasteiger partial charge on any atom is -0.467 e. The van der Waals surface area contributed by atoms with Crippen LogP contribution < -0.4 is 0 Å². The van der Waals surface area contributed by atoms with Gasteiger partial charge in [0, 0.05) is 16.7 Å². The first-order valence-corrected chi connectivity index (χ1v) is 9.22. The molecule has 3 rings (SSSR count). The highest BCUT2D eigenvalue weighted by atomic mass is 35.5. The molecular formula is C19H16ClNO5S. The van der Waals surface area contributed by atoms with Crippen molar-refractivity contribution in [1.29, 1.82) is 0 Å². The lowest BCUT2D eigenvalue weighted by molar-refractivity contribution is -0.148. The van der Waals surface area contributed by atoms with E-state index in [4.69, 9.17) is 16.0 Å². The number of carbonyl (C=O) groups is 3. The zero-order valence-electron chi connectivity index (χ0n) is 14.8. The van der Waals surface area contributed by atoms with E-state index in [-0.39, 0.29) is 4.91 Å². The van der Waals surface area contributed by atoms with E-state index in [0.717, 1.165) is 27.8 Å². The van der Waals surface area contributed by atoms with Crippen LogP contribution in [0.2, 0.25) is 5.02 Å². The van der Waals surface area contributed by atoms with Gasteiger partial charge in [-0.05, 0) is 55.4 Å². The number of furan rings is 1. The maximum absolute atomic E-state index is 12.5. The normalized spacial score (nSPS) is 16.9. The summed E-state index contributed by atoms with van der Waals surface area (Å²) < 4.78 is 10.4. The third kappa shape index (κ3) is 3.79. The van der Waals surface area contributed by atoms with Gasteiger partial charge in [0.1, 0.15) is 17.6 Å². The molecule has 0 saturated carbocycles. The van der Waals surface area contributed by atoms with Crippen molar-refractivity contribution in [3.05, 3.63) is 51.6 Å². The number of benzene rings is 1. The molecule has 1 aliphatic heterocycles. The number of halogens is 1. The number of nitrogens with zero attached hydrogens (tertiary/aromatic N) is 1. The summed E-state index contributed by atoms with van der Waals surface area (Å²) in [6.45, 7) is 3.38. The van der Waals surface area contributed by atoms with Gasteiger partial charge in [-0.25, -0.2) is 4.79 Å². The Balaban J connectivity index is 1.87. The molecule has 1 aliphatic rings. The summed E-state index contributed by atoms with van der Waals surface area (Å²) in [5.41, 5.74) is 1.84. The van der Waals surface area contributed by atoms with Crippen molar-refractivity contribution in [3.8, 4) is 11.3 Å². The van der Waals surface area contributed by atoms with Crippen LogP contribution in [0.25, 0.3) is 17.4 Å². The van der Waals surface area contributed by atoms with Gasteiger partial charge in [-0.15, -0.1) is 0 Å². The van der Waals surface area contributed by atoms with Crippen LogP contribution in [0.4, 0.5) is 4.79 Å². The van der Waals surface area contributed by atoms with Crippen molar-refractivity contribution in [2.75, 3.05) is 7.11 Å². The number of amides is 2. The van der Waals surface area contributed by atoms with Gasteiger partial charge in [-0.2, -0.15) is 0 Å². The molecule has 2 amide bonds. The lowest BCUT2D eigenvalue weighted by Crippen LogP contribution is -2.42. The first-order chi connectivity index (χ1) is 12.8. The average molecular weight is 406 g/mol. The number of ether oxygens (including phenoxy) is 1. The summed E-state index contributed by atoms with van der Waals surface area (Å²) in [6, 6.07) is 7.96. The summed E-state index contributed by atoms with van der Waals surface area (Å²) in [6.07, 6.45) is 1.48. The molecule has 0 aliphatic carbocycles. The monoisotopic (exact) mass is 405 g/mol. The first-order valence-electron chi connectivity index (χ1n) is 8.03. The van der Waals surface area contributed by atoms with E-state index >= 15 is 0 Å². The molecule has 1 aromatic carbocycles. The Morgan fingerprint density at radius 2 is 2.04 bits per heavy atom. The molecule has 8 heteroatoms. The second-order valence-electron chi connectivity index (χ2n) is 5.91. The maximum Gasteiger partial charge on any atom is 0.328 e. The fourth-order valence-corrected chi connectivity index (χ4v) is 3.71. The molecule has 1 atom stereocenters. The minimum atomic E-state index is -0.991. The van der Waals surface area contributed by atoms with E-state index in [9.17, 15) is 14.4 Å². The third-order valence-electron chi connectivity index (χ3n) is 4.12. The van der Waals surface area contributed by atoms with E-state index in [0.29, 0.717) is 16.5 Å². The van der Waals surface area contributed by atoms with Gasteiger partial charge in [0.05, 0.1) is 12.0 Å². The predicted molar refractivity (Wildman–Crippen MR) is 103 cm³/mol. The second-order valence-corrected chi connectivity index (χ2v) is 7.34. The van der Waals surface area contributed by atoms with Crippen LogP contribution in [0.15, 0.2) is 39.7 Å². The van der Waals surface area contributed by atoms with Crippen LogP contribution >= 0.6 is 23.4 Å². The SMILES string of the molecule is COC(=O)[C@H](C)N1C(=O)S/C(=C/c2ccc(-c3cc(Cl)ccc3C)o2)C1=O. The largest absolute Gasteiger partial charge is 0.467 e. The molecule has 6 nitrogen and oxygen atoms in total. The lowest BCUT2D eigenvalue weighted by Gasteiger charge is -2.18. The van der Waals surface area contributed by atoms with Gasteiger partial charge >= 0.3 is 5.97 Å². The molecule has 27 heavy (non-hydrogen) atoms. The Kier molecular flexibility index (Phi) is 5.43. The van der Waals surface area contributed by atoms with Gasteiger partial charge < -0.3 is 9.15 Å². The van der Waals surface area contributed by atoms with Crippen LogP contribution in [-0.4, -0.2) is 35.2 Å². The van der Waals surface area contributed by atoms with Crippen molar-refractivity contribution < 1.29 is 23.5 Å². The molecule has 0 N–H and O–H groups in total. The molecule has 1 fully saturated rings. The Bertz CT molecular complexity index is 965. The van der Waals surface area contributed by atoms with E-state index in [2.05, 4.69) is 4.74 Å². The number of hydrogen-bond acceptors (Lipinski definition) is 6. The molecule has 140 valence electrons. The number of thioether (sulfide) groups is 1. The molecule has 2 aromatic rings. The Labute approximate surface area is 165 Å². The van der Waals surface area contributed by atoms with Gasteiger partial charge in [0.25, 0.3) is 11.1 Å². The zero-order valence-corrected chi connectivity index (χ0v) is 16.4. The predicted octanol–water partition coefficient (Wildman–Crippen LogP) is 4.51. The van der Waals surface area contributed by atoms with Crippen molar-refractivity contribution in [2.24, 2.45) is 0 Å². The highest BCUT2D eigenvalue weighted by Crippen LogP contribution is 2.35. The quantitative estimate of drug-likeness (QED) is 0.550. The fraction of sp³-hybridized carbons (Fsp3) is 0.211. The number of aryl methyl sites for hydroxylation is 1. The highest BCUT2D eigenvalue weighted by Gasteiger charge is 2.41. The number of imide groups is 1. The van der Waals surface area contributed by atoms with Crippen LogP contribution in [0.5, 0.6) is 0 Å². The minimum absolute atomic E-state index is 0.180. The summed E-state index contributed by atoms with van der Waals surface area (Å²) >= 11 is 6.80. The topological polar surface area (TPSA) is 76.8 Å². The average Bonchev–Trinajstić information content (AvgIpc) is 3.20. The van der Waals surface area contributed by atoms with Gasteiger partial charge in [0.2, 0.25) is 0 Å². The van der Waals surface area contributed by atoms with E-state index in [1.165, 1.54) is 20.1 Å². The molecule has 2 heterocycles. The molecular weight excluding hydrogens is 390 g/mol. The number of esters is 1. The molecule has 1 aromatic heterocycles. The van der Waals surface area contributed by atoms with Crippen molar-refractivity contribution >= 4 is 46.6 Å². The fourth-order valence-electron chi connectivity index (χ4n) is 2.65. The Hall–Kier alpha value is -2.51. The standard InChI is InChI=1S/C19H16ClNO5S/c1-10-4-5-12(20)8-14(10)15-7-6-13(26-15)9-16-17(22)21(19(24)27-16)11(2)18(23)25-3/h4-9,11H,1-3H3/b16-9+/t11-/m0/s1.